The molecule has 0 unspecified atom stereocenters. The van der Waals surface area contributed by atoms with Crippen LogP contribution in [0.2, 0.25) is 0 Å². The summed E-state index contributed by atoms with van der Waals surface area (Å²) in [5.41, 5.74) is 4.88. The van der Waals surface area contributed by atoms with Crippen molar-refractivity contribution >= 4 is 12.6 Å². The largest absolute Gasteiger partial charge is 0.309 e. The minimum Gasteiger partial charge on any atom is -0.309 e. The highest BCUT2D eigenvalue weighted by Crippen LogP contribution is 2.18. The van der Waals surface area contributed by atoms with Crippen LogP contribution in [0.25, 0.3) is 0 Å². The van der Waals surface area contributed by atoms with E-state index in [-0.39, 0.29) is 0 Å². The molecule has 23 heavy (non-hydrogen) atoms. The van der Waals surface area contributed by atoms with Crippen molar-refractivity contribution in [3.05, 3.63) is 89.5 Å². The van der Waals surface area contributed by atoms with Gasteiger partial charge in [-0.2, -0.15) is 0 Å². The Balaban J connectivity index is 1.63. The number of pyridine rings is 2. The summed E-state index contributed by atoms with van der Waals surface area (Å²) in [7, 11) is 0. The summed E-state index contributed by atoms with van der Waals surface area (Å²) < 4.78 is 0. The number of benzene rings is 1. The second-order valence-corrected chi connectivity index (χ2v) is 5.95. The van der Waals surface area contributed by atoms with E-state index in [1.807, 2.05) is 24.5 Å². The van der Waals surface area contributed by atoms with E-state index in [1.165, 1.54) is 22.3 Å². The number of nitrogens with zero attached hydrogens (tertiary/aromatic N) is 2. The van der Waals surface area contributed by atoms with Gasteiger partial charge in [0.05, 0.1) is 0 Å². The fourth-order valence-corrected chi connectivity index (χ4v) is 2.69. The summed E-state index contributed by atoms with van der Waals surface area (Å²) in [6.07, 6.45) is 8.27. The van der Waals surface area contributed by atoms with Crippen molar-refractivity contribution in [2.75, 3.05) is 0 Å². The summed E-state index contributed by atoms with van der Waals surface area (Å²) >= 11 is 4.57. The quantitative estimate of drug-likeness (QED) is 0.681. The number of nitrogens with one attached hydrogen (secondary N) is 1. The molecule has 0 radical (unpaired) electrons. The van der Waals surface area contributed by atoms with E-state index in [4.69, 9.17) is 0 Å². The van der Waals surface area contributed by atoms with Crippen molar-refractivity contribution in [3.8, 4) is 0 Å². The van der Waals surface area contributed by atoms with Crippen LogP contribution in [-0.2, 0) is 19.5 Å². The maximum Gasteiger partial charge on any atom is 0.0312 e. The molecule has 1 N–H and O–H groups in total. The summed E-state index contributed by atoms with van der Waals surface area (Å²) in [6, 6.07) is 14.5. The Bertz CT molecular complexity index is 745. The highest BCUT2D eigenvalue weighted by Gasteiger charge is 2.03. The van der Waals surface area contributed by atoms with E-state index in [2.05, 4.69) is 58.2 Å². The summed E-state index contributed by atoms with van der Waals surface area (Å²) in [6.45, 7) is 1.59. The Morgan fingerprint density at radius 2 is 1.57 bits per heavy atom. The van der Waals surface area contributed by atoms with Gasteiger partial charge < -0.3 is 5.32 Å². The third-order valence-corrected chi connectivity index (χ3v) is 4.08. The number of hydrogen-bond donors (Lipinski definition) is 2. The predicted molar refractivity (Wildman–Crippen MR) is 95.5 cm³/mol. The van der Waals surface area contributed by atoms with Crippen LogP contribution in [0.4, 0.5) is 0 Å². The van der Waals surface area contributed by atoms with Crippen LogP contribution in [0, 0.1) is 0 Å². The fraction of sp³-hybridized carbons (Fsp3) is 0.158. The summed E-state index contributed by atoms with van der Waals surface area (Å²) in [4.78, 5) is 9.31. The van der Waals surface area contributed by atoms with Gasteiger partial charge in [-0.15, -0.1) is 12.6 Å². The van der Waals surface area contributed by atoms with Crippen LogP contribution < -0.4 is 5.32 Å². The van der Waals surface area contributed by atoms with Gasteiger partial charge in [-0.3, -0.25) is 9.97 Å². The second-order valence-electron chi connectivity index (χ2n) is 5.47. The van der Waals surface area contributed by atoms with Crippen LogP contribution in [0.3, 0.4) is 0 Å². The van der Waals surface area contributed by atoms with Gasteiger partial charge in [0.2, 0.25) is 0 Å². The van der Waals surface area contributed by atoms with E-state index < -0.39 is 0 Å². The van der Waals surface area contributed by atoms with E-state index in [0.717, 1.165) is 24.4 Å². The van der Waals surface area contributed by atoms with Crippen LogP contribution in [0.5, 0.6) is 0 Å². The average molecular weight is 321 g/mol. The maximum atomic E-state index is 4.57. The Morgan fingerprint density at radius 1 is 0.826 bits per heavy atom. The minimum absolute atomic E-state index is 0.786. The molecule has 2 aromatic heterocycles. The van der Waals surface area contributed by atoms with Crippen molar-refractivity contribution in [1.82, 2.24) is 15.3 Å². The Kier molecular flexibility index (Phi) is 5.40. The van der Waals surface area contributed by atoms with E-state index in [1.54, 1.807) is 12.4 Å². The molecule has 0 saturated carbocycles. The van der Waals surface area contributed by atoms with Crippen molar-refractivity contribution in [2.24, 2.45) is 0 Å². The average Bonchev–Trinajstić information content (AvgIpc) is 2.59. The zero-order valence-corrected chi connectivity index (χ0v) is 13.7. The van der Waals surface area contributed by atoms with Gasteiger partial charge in [-0.1, -0.05) is 24.3 Å². The van der Waals surface area contributed by atoms with Gasteiger partial charge in [0.25, 0.3) is 0 Å². The monoisotopic (exact) mass is 321 g/mol. The number of rotatable bonds is 6. The third kappa shape index (κ3) is 4.65. The Morgan fingerprint density at radius 3 is 2.26 bits per heavy atom. The molecule has 1 aromatic carbocycles. The van der Waals surface area contributed by atoms with Crippen LogP contribution in [-0.4, -0.2) is 9.97 Å². The standard InChI is InChI=1S/C19H19N3S/c23-19-6-5-15(9-16-3-1-7-20-11-16)10-18(19)14-22-13-17-4-2-8-21-12-17/h1-8,10-12,22-23H,9,13-14H2. The van der Waals surface area contributed by atoms with E-state index in [9.17, 15) is 0 Å². The van der Waals surface area contributed by atoms with Crippen molar-refractivity contribution in [3.63, 3.8) is 0 Å². The first-order valence-electron chi connectivity index (χ1n) is 7.60. The third-order valence-electron chi connectivity index (χ3n) is 3.64. The summed E-state index contributed by atoms with van der Waals surface area (Å²) in [5.74, 6) is 0. The molecule has 4 heteroatoms. The van der Waals surface area contributed by atoms with Crippen molar-refractivity contribution in [2.45, 2.75) is 24.4 Å². The molecule has 0 aliphatic carbocycles. The topological polar surface area (TPSA) is 37.8 Å². The van der Waals surface area contributed by atoms with Crippen LogP contribution >= 0.6 is 12.6 Å². The van der Waals surface area contributed by atoms with Gasteiger partial charge in [0, 0.05) is 42.8 Å². The second kappa shape index (κ2) is 7.90. The van der Waals surface area contributed by atoms with Gasteiger partial charge in [-0.05, 0) is 46.9 Å². The highest BCUT2D eigenvalue weighted by molar-refractivity contribution is 7.80. The Hall–Kier alpha value is -2.17. The molecule has 0 spiro atoms. The van der Waals surface area contributed by atoms with Gasteiger partial charge in [0.1, 0.15) is 0 Å². The molecule has 0 fully saturated rings. The van der Waals surface area contributed by atoms with Crippen LogP contribution in [0.15, 0.2) is 72.1 Å². The first-order chi connectivity index (χ1) is 11.3. The van der Waals surface area contributed by atoms with E-state index >= 15 is 0 Å². The molecule has 0 aliphatic rings. The SMILES string of the molecule is Sc1ccc(Cc2cccnc2)cc1CNCc1cccnc1. The molecular weight excluding hydrogens is 302 g/mol. The maximum absolute atomic E-state index is 4.57. The molecule has 0 aliphatic heterocycles. The van der Waals surface area contributed by atoms with Crippen molar-refractivity contribution in [1.29, 1.82) is 0 Å². The molecule has 0 bridgehead atoms. The lowest BCUT2D eigenvalue weighted by Gasteiger charge is -2.10. The lowest BCUT2D eigenvalue weighted by molar-refractivity contribution is 0.683. The molecule has 0 atom stereocenters. The minimum atomic E-state index is 0.786. The lowest BCUT2D eigenvalue weighted by atomic mass is 10.0. The van der Waals surface area contributed by atoms with Gasteiger partial charge in [-0.25, -0.2) is 0 Å². The first kappa shape index (κ1) is 15.7. The highest BCUT2D eigenvalue weighted by atomic mass is 32.1. The molecule has 0 saturated heterocycles. The molecule has 2 heterocycles. The number of thiol groups is 1. The zero-order valence-electron chi connectivity index (χ0n) is 12.8. The molecule has 3 rings (SSSR count). The Labute approximate surface area is 142 Å². The predicted octanol–water partition coefficient (Wildman–Crippen LogP) is 3.65. The molecule has 3 aromatic rings. The first-order valence-corrected chi connectivity index (χ1v) is 8.05. The molecule has 116 valence electrons. The molecule has 0 amide bonds. The number of aromatic nitrogens is 2. The summed E-state index contributed by atoms with van der Waals surface area (Å²) in [5, 5.41) is 3.45. The fourth-order valence-electron chi connectivity index (χ4n) is 2.47. The molecule has 3 nitrogen and oxygen atoms in total. The normalized spacial score (nSPS) is 10.7. The molecular formula is C19H19N3S. The van der Waals surface area contributed by atoms with Gasteiger partial charge in [0.15, 0.2) is 0 Å². The van der Waals surface area contributed by atoms with E-state index in [0.29, 0.717) is 0 Å². The smallest absolute Gasteiger partial charge is 0.0312 e. The van der Waals surface area contributed by atoms with Crippen molar-refractivity contribution < 1.29 is 0 Å². The van der Waals surface area contributed by atoms with Crippen LogP contribution in [0.1, 0.15) is 22.3 Å². The lowest BCUT2D eigenvalue weighted by Crippen LogP contribution is -2.13. The number of hydrogen-bond acceptors (Lipinski definition) is 4. The van der Waals surface area contributed by atoms with Gasteiger partial charge >= 0.3 is 0 Å². The zero-order chi connectivity index (χ0) is 15.9.